The minimum absolute atomic E-state index is 0.313. The molecule has 2 rings (SSSR count). The minimum Gasteiger partial charge on any atom is -0.507 e. The van der Waals surface area contributed by atoms with Crippen molar-refractivity contribution in [3.63, 3.8) is 0 Å². The Balaban J connectivity index is 2.59. The Labute approximate surface area is 76.9 Å². The van der Waals surface area contributed by atoms with Crippen LogP contribution in [-0.2, 0) is 0 Å². The molecule has 0 spiro atoms. The lowest BCUT2D eigenvalue weighted by molar-refractivity contribution is 0.477. The molecule has 2 N–H and O–H groups in total. The van der Waals surface area contributed by atoms with Gasteiger partial charge < -0.3 is 10.1 Å². The van der Waals surface area contributed by atoms with Gasteiger partial charge in [-0.3, -0.25) is 0 Å². The van der Waals surface area contributed by atoms with E-state index in [0.29, 0.717) is 5.75 Å². The van der Waals surface area contributed by atoms with Crippen molar-refractivity contribution in [2.75, 3.05) is 0 Å². The van der Waals surface area contributed by atoms with Crippen LogP contribution in [0, 0.1) is 6.92 Å². The van der Waals surface area contributed by atoms with E-state index in [1.807, 2.05) is 37.4 Å². The fourth-order valence-corrected chi connectivity index (χ4v) is 1.42. The van der Waals surface area contributed by atoms with E-state index in [0.717, 1.165) is 16.8 Å². The average molecular weight is 173 g/mol. The van der Waals surface area contributed by atoms with E-state index in [1.54, 1.807) is 6.07 Å². The Morgan fingerprint density at radius 1 is 1.15 bits per heavy atom. The molecule has 0 aliphatic heterocycles. The van der Waals surface area contributed by atoms with Gasteiger partial charge in [0.25, 0.3) is 0 Å². The van der Waals surface area contributed by atoms with Crippen molar-refractivity contribution in [2.24, 2.45) is 0 Å². The maximum atomic E-state index is 9.59. The van der Waals surface area contributed by atoms with Crippen molar-refractivity contribution in [3.8, 4) is 17.0 Å². The number of benzene rings is 1. The summed E-state index contributed by atoms with van der Waals surface area (Å²) in [5.74, 6) is 0.313. The Morgan fingerprint density at radius 2 is 1.92 bits per heavy atom. The van der Waals surface area contributed by atoms with Crippen molar-refractivity contribution in [1.82, 2.24) is 4.98 Å². The van der Waals surface area contributed by atoms with E-state index in [4.69, 9.17) is 0 Å². The number of aromatic amines is 1. The number of aromatic hydroxyl groups is 1. The summed E-state index contributed by atoms with van der Waals surface area (Å²) in [6.45, 7) is 2.01. The van der Waals surface area contributed by atoms with Crippen molar-refractivity contribution < 1.29 is 5.11 Å². The van der Waals surface area contributed by atoms with Crippen LogP contribution in [-0.4, -0.2) is 10.1 Å². The monoisotopic (exact) mass is 173 g/mol. The average Bonchev–Trinajstić information content (AvgIpc) is 2.52. The molecule has 0 bridgehead atoms. The smallest absolute Gasteiger partial charge is 0.124 e. The van der Waals surface area contributed by atoms with Gasteiger partial charge in [0, 0.05) is 11.8 Å². The van der Waals surface area contributed by atoms with E-state index in [2.05, 4.69) is 4.98 Å². The molecule has 0 atom stereocenters. The molecule has 1 heterocycles. The molecule has 1 aromatic carbocycles. The van der Waals surface area contributed by atoms with E-state index < -0.39 is 0 Å². The lowest BCUT2D eigenvalue weighted by Gasteiger charge is -2.02. The lowest BCUT2D eigenvalue weighted by atomic mass is 10.1. The predicted molar refractivity (Wildman–Crippen MR) is 52.6 cm³/mol. The van der Waals surface area contributed by atoms with Crippen LogP contribution in [0.2, 0.25) is 0 Å². The number of H-pyrrole nitrogens is 1. The molecule has 0 aliphatic carbocycles. The van der Waals surface area contributed by atoms with Crippen LogP contribution in [0.5, 0.6) is 5.75 Å². The second-order valence-electron chi connectivity index (χ2n) is 3.05. The summed E-state index contributed by atoms with van der Waals surface area (Å²) in [4.78, 5) is 3.10. The number of hydrogen-bond acceptors (Lipinski definition) is 1. The fourth-order valence-electron chi connectivity index (χ4n) is 1.42. The van der Waals surface area contributed by atoms with Crippen LogP contribution in [0.25, 0.3) is 11.3 Å². The van der Waals surface area contributed by atoms with Gasteiger partial charge in [-0.15, -0.1) is 0 Å². The number of hydrogen-bond donors (Lipinski definition) is 2. The molecule has 2 heteroatoms. The SMILES string of the molecule is Cc1cc[nH]c1-c1ccccc1O. The summed E-state index contributed by atoms with van der Waals surface area (Å²) >= 11 is 0. The van der Waals surface area contributed by atoms with E-state index >= 15 is 0 Å². The third kappa shape index (κ3) is 1.31. The Hall–Kier alpha value is -1.70. The highest BCUT2D eigenvalue weighted by Gasteiger charge is 2.05. The molecule has 66 valence electrons. The molecule has 0 amide bonds. The van der Waals surface area contributed by atoms with Crippen LogP contribution in [0.1, 0.15) is 5.56 Å². The Morgan fingerprint density at radius 3 is 2.54 bits per heavy atom. The molecule has 1 aromatic heterocycles. The standard InChI is InChI=1S/C11H11NO/c1-8-6-7-12-11(8)9-4-2-3-5-10(9)13/h2-7,12-13H,1H3. The van der Waals surface area contributed by atoms with Crippen molar-refractivity contribution in [3.05, 3.63) is 42.1 Å². The molecule has 2 nitrogen and oxygen atoms in total. The zero-order valence-corrected chi connectivity index (χ0v) is 7.41. The van der Waals surface area contributed by atoms with E-state index in [1.165, 1.54) is 0 Å². The first-order valence-electron chi connectivity index (χ1n) is 4.21. The Bertz CT molecular complexity index is 418. The van der Waals surface area contributed by atoms with Crippen molar-refractivity contribution >= 4 is 0 Å². The minimum atomic E-state index is 0.313. The number of aryl methyl sites for hydroxylation is 1. The zero-order chi connectivity index (χ0) is 9.26. The molecule has 0 saturated carbocycles. The molecule has 2 aromatic rings. The van der Waals surface area contributed by atoms with E-state index in [-0.39, 0.29) is 0 Å². The van der Waals surface area contributed by atoms with Gasteiger partial charge in [-0.1, -0.05) is 12.1 Å². The number of phenolic OH excluding ortho intramolecular Hbond substituents is 1. The summed E-state index contributed by atoms with van der Waals surface area (Å²) < 4.78 is 0. The molecular weight excluding hydrogens is 162 g/mol. The maximum absolute atomic E-state index is 9.59. The van der Waals surface area contributed by atoms with E-state index in [9.17, 15) is 5.11 Å². The summed E-state index contributed by atoms with van der Waals surface area (Å²) in [5.41, 5.74) is 2.98. The summed E-state index contributed by atoms with van der Waals surface area (Å²) in [6, 6.07) is 9.30. The molecule has 0 fully saturated rings. The molecule has 0 aliphatic rings. The highest BCUT2D eigenvalue weighted by molar-refractivity contribution is 5.69. The normalized spacial score (nSPS) is 10.2. The topological polar surface area (TPSA) is 36.0 Å². The van der Waals surface area contributed by atoms with Crippen LogP contribution in [0.4, 0.5) is 0 Å². The van der Waals surface area contributed by atoms with Gasteiger partial charge in [-0.05, 0) is 30.7 Å². The van der Waals surface area contributed by atoms with Gasteiger partial charge in [0.1, 0.15) is 5.75 Å². The van der Waals surface area contributed by atoms with Crippen LogP contribution < -0.4 is 0 Å². The second kappa shape index (κ2) is 2.98. The van der Waals surface area contributed by atoms with Crippen LogP contribution in [0.15, 0.2) is 36.5 Å². The van der Waals surface area contributed by atoms with Crippen LogP contribution in [0.3, 0.4) is 0 Å². The van der Waals surface area contributed by atoms with Gasteiger partial charge in [-0.2, -0.15) is 0 Å². The largest absolute Gasteiger partial charge is 0.507 e. The number of para-hydroxylation sites is 1. The molecule has 0 radical (unpaired) electrons. The number of aromatic nitrogens is 1. The van der Waals surface area contributed by atoms with Gasteiger partial charge in [-0.25, -0.2) is 0 Å². The third-order valence-corrected chi connectivity index (χ3v) is 2.13. The summed E-state index contributed by atoms with van der Waals surface area (Å²) in [6.07, 6.45) is 1.87. The molecule has 13 heavy (non-hydrogen) atoms. The first-order chi connectivity index (χ1) is 6.29. The number of nitrogens with one attached hydrogen (secondary N) is 1. The van der Waals surface area contributed by atoms with Crippen molar-refractivity contribution in [1.29, 1.82) is 0 Å². The number of phenols is 1. The molecule has 0 saturated heterocycles. The molecule has 0 unspecified atom stereocenters. The first kappa shape index (κ1) is 7.92. The lowest BCUT2D eigenvalue weighted by Crippen LogP contribution is -1.80. The summed E-state index contributed by atoms with van der Waals surface area (Å²) in [7, 11) is 0. The third-order valence-electron chi connectivity index (χ3n) is 2.13. The predicted octanol–water partition coefficient (Wildman–Crippen LogP) is 2.70. The quantitative estimate of drug-likeness (QED) is 0.683. The molecular formula is C11H11NO. The highest BCUT2D eigenvalue weighted by atomic mass is 16.3. The van der Waals surface area contributed by atoms with Crippen LogP contribution >= 0.6 is 0 Å². The second-order valence-corrected chi connectivity index (χ2v) is 3.05. The van der Waals surface area contributed by atoms with Gasteiger partial charge in [0.05, 0.1) is 5.69 Å². The Kier molecular flexibility index (Phi) is 1.81. The number of rotatable bonds is 1. The van der Waals surface area contributed by atoms with Gasteiger partial charge in [0.2, 0.25) is 0 Å². The highest BCUT2D eigenvalue weighted by Crippen LogP contribution is 2.29. The van der Waals surface area contributed by atoms with Gasteiger partial charge >= 0.3 is 0 Å². The zero-order valence-electron chi connectivity index (χ0n) is 7.41. The maximum Gasteiger partial charge on any atom is 0.124 e. The van der Waals surface area contributed by atoms with Crippen molar-refractivity contribution in [2.45, 2.75) is 6.92 Å². The van der Waals surface area contributed by atoms with Gasteiger partial charge in [0.15, 0.2) is 0 Å². The fraction of sp³-hybridized carbons (Fsp3) is 0.0909. The summed E-state index contributed by atoms with van der Waals surface area (Å²) in [5, 5.41) is 9.59. The first-order valence-corrected chi connectivity index (χ1v) is 4.21.